The van der Waals surface area contributed by atoms with Crippen LogP contribution in [0, 0.1) is 0 Å². The van der Waals surface area contributed by atoms with Gasteiger partial charge < -0.3 is 10.1 Å². The summed E-state index contributed by atoms with van der Waals surface area (Å²) in [6.45, 7) is 4.23. The van der Waals surface area contributed by atoms with E-state index in [9.17, 15) is 0 Å². The molecule has 2 atom stereocenters. The summed E-state index contributed by atoms with van der Waals surface area (Å²) in [4.78, 5) is 2.72. The quantitative estimate of drug-likeness (QED) is 0.843. The molecular weight excluding hydrogens is 260 g/mol. The average molecular weight is 296 g/mol. The SMILES string of the molecule is CNC1CCCCCCCCCCC1N1CCCOCC1. The van der Waals surface area contributed by atoms with Crippen LogP contribution in [0.3, 0.4) is 0 Å². The number of hydrogen-bond donors (Lipinski definition) is 1. The maximum atomic E-state index is 5.66. The Morgan fingerprint density at radius 2 is 1.43 bits per heavy atom. The molecule has 0 bridgehead atoms. The Balaban J connectivity index is 1.95. The fourth-order valence-electron chi connectivity index (χ4n) is 4.04. The summed E-state index contributed by atoms with van der Waals surface area (Å²) in [6.07, 6.45) is 15.4. The molecule has 1 saturated carbocycles. The molecule has 2 unspecified atom stereocenters. The van der Waals surface area contributed by atoms with E-state index in [-0.39, 0.29) is 0 Å². The van der Waals surface area contributed by atoms with E-state index >= 15 is 0 Å². The van der Waals surface area contributed by atoms with Crippen LogP contribution < -0.4 is 5.32 Å². The van der Waals surface area contributed by atoms with Gasteiger partial charge in [-0.25, -0.2) is 0 Å². The molecule has 124 valence electrons. The summed E-state index contributed by atoms with van der Waals surface area (Å²) in [6, 6.07) is 1.39. The molecule has 0 spiro atoms. The zero-order chi connectivity index (χ0) is 14.8. The van der Waals surface area contributed by atoms with Crippen molar-refractivity contribution in [2.75, 3.05) is 33.4 Å². The van der Waals surface area contributed by atoms with Crippen LogP contribution in [0.1, 0.15) is 70.6 Å². The third kappa shape index (κ3) is 6.25. The molecule has 2 rings (SSSR count). The Morgan fingerprint density at radius 3 is 2.14 bits per heavy atom. The van der Waals surface area contributed by atoms with Crippen LogP contribution in [0.15, 0.2) is 0 Å². The average Bonchev–Trinajstić information content (AvgIpc) is 2.77. The molecule has 0 aromatic carbocycles. The minimum absolute atomic E-state index is 0.669. The van der Waals surface area contributed by atoms with Crippen LogP contribution in [-0.2, 0) is 4.74 Å². The van der Waals surface area contributed by atoms with Crippen LogP contribution in [-0.4, -0.2) is 50.3 Å². The van der Waals surface area contributed by atoms with Gasteiger partial charge in [-0.15, -0.1) is 0 Å². The summed E-state index contributed by atoms with van der Waals surface area (Å²) in [7, 11) is 2.16. The van der Waals surface area contributed by atoms with Gasteiger partial charge in [-0.05, 0) is 26.3 Å². The molecule has 1 aliphatic heterocycles. The smallest absolute Gasteiger partial charge is 0.0593 e. The van der Waals surface area contributed by atoms with Gasteiger partial charge in [-0.1, -0.05) is 51.4 Å². The van der Waals surface area contributed by atoms with E-state index in [0.717, 1.165) is 25.8 Å². The minimum Gasteiger partial charge on any atom is -0.380 e. The Hall–Kier alpha value is -0.120. The van der Waals surface area contributed by atoms with Crippen LogP contribution in [0.25, 0.3) is 0 Å². The van der Waals surface area contributed by atoms with Gasteiger partial charge in [0, 0.05) is 31.8 Å². The lowest BCUT2D eigenvalue weighted by atomic mass is 9.92. The Morgan fingerprint density at radius 1 is 0.762 bits per heavy atom. The fraction of sp³-hybridized carbons (Fsp3) is 1.00. The largest absolute Gasteiger partial charge is 0.380 e. The van der Waals surface area contributed by atoms with E-state index in [1.807, 2.05) is 0 Å². The molecule has 0 amide bonds. The van der Waals surface area contributed by atoms with E-state index in [1.54, 1.807) is 0 Å². The zero-order valence-electron chi connectivity index (χ0n) is 14.1. The van der Waals surface area contributed by atoms with Gasteiger partial charge in [0.25, 0.3) is 0 Å². The first-order valence-corrected chi connectivity index (χ1v) is 9.41. The van der Waals surface area contributed by atoms with Gasteiger partial charge in [0.2, 0.25) is 0 Å². The van der Waals surface area contributed by atoms with E-state index in [2.05, 4.69) is 17.3 Å². The topological polar surface area (TPSA) is 24.5 Å². The van der Waals surface area contributed by atoms with Crippen molar-refractivity contribution in [3.8, 4) is 0 Å². The molecule has 21 heavy (non-hydrogen) atoms. The fourth-order valence-corrected chi connectivity index (χ4v) is 4.04. The van der Waals surface area contributed by atoms with Crippen molar-refractivity contribution in [1.82, 2.24) is 10.2 Å². The second kappa shape index (κ2) is 10.6. The highest BCUT2D eigenvalue weighted by Gasteiger charge is 2.26. The monoisotopic (exact) mass is 296 g/mol. The van der Waals surface area contributed by atoms with Crippen LogP contribution in [0.4, 0.5) is 0 Å². The standard InChI is InChI=1S/C18H36N2O/c1-19-17-11-8-6-4-2-3-5-7-9-12-18(17)20-13-10-15-21-16-14-20/h17-19H,2-16H2,1H3. The lowest BCUT2D eigenvalue weighted by Gasteiger charge is -2.36. The summed E-state index contributed by atoms with van der Waals surface area (Å²) >= 11 is 0. The highest BCUT2D eigenvalue weighted by atomic mass is 16.5. The summed E-state index contributed by atoms with van der Waals surface area (Å²) in [5.74, 6) is 0. The Bertz CT molecular complexity index is 252. The second-order valence-corrected chi connectivity index (χ2v) is 6.87. The van der Waals surface area contributed by atoms with Crippen molar-refractivity contribution in [2.24, 2.45) is 0 Å². The number of rotatable bonds is 2. The van der Waals surface area contributed by atoms with Crippen molar-refractivity contribution >= 4 is 0 Å². The van der Waals surface area contributed by atoms with E-state index in [1.165, 1.54) is 77.2 Å². The van der Waals surface area contributed by atoms with Gasteiger partial charge in [0.05, 0.1) is 6.61 Å². The molecule has 2 aliphatic rings. The van der Waals surface area contributed by atoms with Gasteiger partial charge in [-0.2, -0.15) is 0 Å². The molecule has 0 aromatic rings. The van der Waals surface area contributed by atoms with Gasteiger partial charge in [-0.3, -0.25) is 4.90 Å². The third-order valence-electron chi connectivity index (χ3n) is 5.33. The number of nitrogens with one attached hydrogen (secondary N) is 1. The predicted molar refractivity (Wildman–Crippen MR) is 89.8 cm³/mol. The van der Waals surface area contributed by atoms with E-state index in [0.29, 0.717) is 6.04 Å². The molecular formula is C18H36N2O. The van der Waals surface area contributed by atoms with Crippen molar-refractivity contribution < 1.29 is 4.74 Å². The Labute approximate surface area is 131 Å². The van der Waals surface area contributed by atoms with Crippen LogP contribution in [0.2, 0.25) is 0 Å². The molecule has 3 nitrogen and oxygen atoms in total. The van der Waals surface area contributed by atoms with Gasteiger partial charge in [0.15, 0.2) is 0 Å². The first kappa shape index (κ1) is 17.2. The molecule has 1 heterocycles. The van der Waals surface area contributed by atoms with Crippen molar-refractivity contribution in [3.05, 3.63) is 0 Å². The van der Waals surface area contributed by atoms with Crippen LogP contribution >= 0.6 is 0 Å². The summed E-state index contributed by atoms with van der Waals surface area (Å²) in [5.41, 5.74) is 0. The normalized spacial score (nSPS) is 31.9. The highest BCUT2D eigenvalue weighted by molar-refractivity contribution is 4.85. The van der Waals surface area contributed by atoms with Crippen LogP contribution in [0.5, 0.6) is 0 Å². The first-order chi connectivity index (χ1) is 10.4. The second-order valence-electron chi connectivity index (χ2n) is 6.87. The molecule has 0 aromatic heterocycles. The highest BCUT2D eigenvalue weighted by Crippen LogP contribution is 2.21. The first-order valence-electron chi connectivity index (χ1n) is 9.41. The molecule has 1 N–H and O–H groups in total. The number of likely N-dealkylation sites (N-methyl/N-ethyl adjacent to an activating group) is 1. The van der Waals surface area contributed by atoms with Gasteiger partial charge in [0.1, 0.15) is 0 Å². The molecule has 1 aliphatic carbocycles. The minimum atomic E-state index is 0.669. The lowest BCUT2D eigenvalue weighted by Crippen LogP contribution is -2.50. The molecule has 0 radical (unpaired) electrons. The maximum absolute atomic E-state index is 5.66. The number of nitrogens with zero attached hydrogens (tertiary/aromatic N) is 1. The van der Waals surface area contributed by atoms with Gasteiger partial charge >= 0.3 is 0 Å². The van der Waals surface area contributed by atoms with E-state index in [4.69, 9.17) is 4.74 Å². The molecule has 1 saturated heterocycles. The molecule has 3 heteroatoms. The predicted octanol–water partition coefficient (Wildman–Crippen LogP) is 3.58. The maximum Gasteiger partial charge on any atom is 0.0593 e. The lowest BCUT2D eigenvalue weighted by molar-refractivity contribution is 0.114. The van der Waals surface area contributed by atoms with Crippen molar-refractivity contribution in [2.45, 2.75) is 82.7 Å². The molecule has 2 fully saturated rings. The summed E-state index contributed by atoms with van der Waals surface area (Å²) < 4.78 is 5.66. The van der Waals surface area contributed by atoms with Crippen molar-refractivity contribution in [1.29, 1.82) is 0 Å². The number of hydrogen-bond acceptors (Lipinski definition) is 3. The number of ether oxygens (including phenoxy) is 1. The van der Waals surface area contributed by atoms with E-state index < -0.39 is 0 Å². The zero-order valence-corrected chi connectivity index (χ0v) is 14.1. The van der Waals surface area contributed by atoms with Crippen molar-refractivity contribution in [3.63, 3.8) is 0 Å². The summed E-state index contributed by atoms with van der Waals surface area (Å²) in [5, 5.41) is 3.64. The Kier molecular flexibility index (Phi) is 8.68. The third-order valence-corrected chi connectivity index (χ3v) is 5.33.